The van der Waals surface area contributed by atoms with Gasteiger partial charge in [-0.05, 0) is 24.6 Å². The molecule has 7 nitrogen and oxygen atoms in total. The van der Waals surface area contributed by atoms with Gasteiger partial charge in [-0.15, -0.1) is 0 Å². The number of nitrogens with zero attached hydrogens (tertiary/aromatic N) is 1. The molecule has 2 rings (SSSR count). The summed E-state index contributed by atoms with van der Waals surface area (Å²) in [6.07, 6.45) is 0. The molecule has 126 valence electrons. The molecule has 0 spiro atoms. The van der Waals surface area contributed by atoms with Gasteiger partial charge in [-0.3, -0.25) is 14.9 Å². The van der Waals surface area contributed by atoms with Crippen LogP contribution in [0.4, 0.5) is 5.69 Å². The molecular formula is C17H18N2O5. The van der Waals surface area contributed by atoms with Gasteiger partial charge < -0.3 is 14.8 Å². The third-order valence-corrected chi connectivity index (χ3v) is 3.34. The number of amides is 1. The molecule has 0 aliphatic heterocycles. The lowest BCUT2D eigenvalue weighted by Gasteiger charge is -2.10. The molecule has 0 fully saturated rings. The molecule has 2 aromatic carbocycles. The Hall–Kier alpha value is -3.09. The second-order valence-electron chi connectivity index (χ2n) is 5.11. The van der Waals surface area contributed by atoms with E-state index in [0.29, 0.717) is 5.75 Å². The maximum Gasteiger partial charge on any atom is 0.311 e. The summed E-state index contributed by atoms with van der Waals surface area (Å²) in [7, 11) is 1.56. The van der Waals surface area contributed by atoms with E-state index in [1.165, 1.54) is 12.1 Å². The normalized spacial score (nSPS) is 10.1. The topological polar surface area (TPSA) is 90.7 Å². The highest BCUT2D eigenvalue weighted by Crippen LogP contribution is 2.27. The standard InChI is InChI=1S/C17H18N2O5/c1-12-7-8-16(14(9-12)19(21)22)24-11-17(20)18-10-13-5-3-4-6-15(13)23-2/h3-9H,10-11H2,1-2H3,(H,18,20). The number of nitro groups is 1. The molecule has 0 aliphatic rings. The maximum atomic E-state index is 11.9. The highest BCUT2D eigenvalue weighted by Gasteiger charge is 2.16. The van der Waals surface area contributed by atoms with Crippen LogP contribution in [0, 0.1) is 17.0 Å². The van der Waals surface area contributed by atoms with Crippen LogP contribution in [0.15, 0.2) is 42.5 Å². The Morgan fingerprint density at radius 2 is 1.96 bits per heavy atom. The average Bonchev–Trinajstić information content (AvgIpc) is 2.58. The van der Waals surface area contributed by atoms with Crippen molar-refractivity contribution in [1.29, 1.82) is 0 Å². The van der Waals surface area contributed by atoms with E-state index in [2.05, 4.69) is 5.32 Å². The first-order valence-electron chi connectivity index (χ1n) is 7.27. The van der Waals surface area contributed by atoms with Crippen molar-refractivity contribution in [3.8, 4) is 11.5 Å². The van der Waals surface area contributed by atoms with Gasteiger partial charge in [0.1, 0.15) is 5.75 Å². The molecule has 0 atom stereocenters. The highest BCUT2D eigenvalue weighted by atomic mass is 16.6. The molecule has 2 aromatic rings. The summed E-state index contributed by atoms with van der Waals surface area (Å²) in [5, 5.41) is 13.7. The zero-order valence-electron chi connectivity index (χ0n) is 13.4. The van der Waals surface area contributed by atoms with Gasteiger partial charge in [0.15, 0.2) is 12.4 Å². The van der Waals surface area contributed by atoms with E-state index in [1.54, 1.807) is 26.2 Å². The SMILES string of the molecule is COc1ccccc1CNC(=O)COc1ccc(C)cc1[N+](=O)[O-]. The maximum absolute atomic E-state index is 11.9. The first-order chi connectivity index (χ1) is 11.5. The Labute approximate surface area is 139 Å². The van der Waals surface area contributed by atoms with Gasteiger partial charge in [-0.2, -0.15) is 0 Å². The summed E-state index contributed by atoms with van der Waals surface area (Å²) >= 11 is 0. The quantitative estimate of drug-likeness (QED) is 0.622. The number of hydrogen-bond donors (Lipinski definition) is 1. The molecular weight excluding hydrogens is 312 g/mol. The molecule has 0 saturated carbocycles. The molecule has 0 heterocycles. The summed E-state index contributed by atoms with van der Waals surface area (Å²) in [6, 6.07) is 11.9. The van der Waals surface area contributed by atoms with E-state index in [9.17, 15) is 14.9 Å². The van der Waals surface area contributed by atoms with Gasteiger partial charge in [-0.25, -0.2) is 0 Å². The van der Waals surface area contributed by atoms with Gasteiger partial charge in [0.2, 0.25) is 0 Å². The van der Waals surface area contributed by atoms with Crippen LogP contribution in [0.3, 0.4) is 0 Å². The highest BCUT2D eigenvalue weighted by molar-refractivity contribution is 5.77. The van der Waals surface area contributed by atoms with Crippen LogP contribution >= 0.6 is 0 Å². The van der Waals surface area contributed by atoms with Crippen molar-refractivity contribution in [3.63, 3.8) is 0 Å². The number of rotatable bonds is 7. The fourth-order valence-electron chi connectivity index (χ4n) is 2.13. The summed E-state index contributed by atoms with van der Waals surface area (Å²) in [5.74, 6) is 0.363. The predicted octanol–water partition coefficient (Wildman–Crippen LogP) is 2.61. The van der Waals surface area contributed by atoms with E-state index in [4.69, 9.17) is 9.47 Å². The fourth-order valence-corrected chi connectivity index (χ4v) is 2.13. The van der Waals surface area contributed by atoms with Gasteiger partial charge in [0, 0.05) is 18.2 Å². The van der Waals surface area contributed by atoms with Crippen LogP contribution in [-0.4, -0.2) is 24.5 Å². The van der Waals surface area contributed by atoms with Crippen molar-refractivity contribution in [1.82, 2.24) is 5.32 Å². The van der Waals surface area contributed by atoms with Crippen molar-refractivity contribution in [2.75, 3.05) is 13.7 Å². The van der Waals surface area contributed by atoms with Crippen molar-refractivity contribution in [2.24, 2.45) is 0 Å². The van der Waals surface area contributed by atoms with Crippen LogP contribution in [0.2, 0.25) is 0 Å². The number of methoxy groups -OCH3 is 1. The Morgan fingerprint density at radius 3 is 2.67 bits per heavy atom. The summed E-state index contributed by atoms with van der Waals surface area (Å²) in [6.45, 7) is 1.72. The number of carbonyl (C=O) groups excluding carboxylic acids is 1. The number of carbonyl (C=O) groups is 1. The number of nitro benzene ring substituents is 1. The van der Waals surface area contributed by atoms with Gasteiger partial charge >= 0.3 is 5.69 Å². The predicted molar refractivity (Wildman–Crippen MR) is 88.2 cm³/mol. The molecule has 0 bridgehead atoms. The first kappa shape index (κ1) is 17.3. The van der Waals surface area contributed by atoms with Crippen LogP contribution in [0.1, 0.15) is 11.1 Å². The fraction of sp³-hybridized carbons (Fsp3) is 0.235. The lowest BCUT2D eigenvalue weighted by molar-refractivity contribution is -0.385. The van der Waals surface area contributed by atoms with Crippen LogP contribution < -0.4 is 14.8 Å². The zero-order chi connectivity index (χ0) is 17.5. The third-order valence-electron chi connectivity index (χ3n) is 3.34. The van der Waals surface area contributed by atoms with E-state index in [-0.39, 0.29) is 30.5 Å². The number of nitrogens with one attached hydrogen (secondary N) is 1. The van der Waals surface area contributed by atoms with Crippen molar-refractivity contribution >= 4 is 11.6 Å². The minimum Gasteiger partial charge on any atom is -0.496 e. The van der Waals surface area contributed by atoms with Crippen LogP contribution in [-0.2, 0) is 11.3 Å². The van der Waals surface area contributed by atoms with E-state index in [1.807, 2.05) is 18.2 Å². The van der Waals surface area contributed by atoms with Gasteiger partial charge in [-0.1, -0.05) is 24.3 Å². The molecule has 0 radical (unpaired) electrons. The van der Waals surface area contributed by atoms with Gasteiger partial charge in [0.25, 0.3) is 5.91 Å². The molecule has 0 saturated heterocycles. The van der Waals surface area contributed by atoms with E-state index < -0.39 is 4.92 Å². The van der Waals surface area contributed by atoms with Crippen LogP contribution in [0.25, 0.3) is 0 Å². The lowest BCUT2D eigenvalue weighted by atomic mass is 10.2. The van der Waals surface area contributed by atoms with Crippen molar-refractivity contribution < 1.29 is 19.2 Å². The van der Waals surface area contributed by atoms with Crippen molar-refractivity contribution in [3.05, 3.63) is 63.7 Å². The van der Waals surface area contributed by atoms with E-state index >= 15 is 0 Å². The molecule has 7 heteroatoms. The zero-order valence-corrected chi connectivity index (χ0v) is 13.4. The third kappa shape index (κ3) is 4.45. The lowest BCUT2D eigenvalue weighted by Crippen LogP contribution is -2.28. The monoisotopic (exact) mass is 330 g/mol. The largest absolute Gasteiger partial charge is 0.496 e. The number of para-hydroxylation sites is 1. The molecule has 24 heavy (non-hydrogen) atoms. The minimum atomic E-state index is -0.533. The first-order valence-corrected chi connectivity index (χ1v) is 7.27. The van der Waals surface area contributed by atoms with Crippen LogP contribution in [0.5, 0.6) is 11.5 Å². The summed E-state index contributed by atoms with van der Waals surface area (Å²) in [5.41, 5.74) is 1.41. The molecule has 0 aromatic heterocycles. The molecule has 0 aliphatic carbocycles. The Bertz CT molecular complexity index is 746. The number of hydrogen-bond acceptors (Lipinski definition) is 5. The molecule has 0 unspecified atom stereocenters. The Morgan fingerprint density at radius 1 is 1.21 bits per heavy atom. The van der Waals surface area contributed by atoms with Crippen molar-refractivity contribution in [2.45, 2.75) is 13.5 Å². The number of benzene rings is 2. The van der Waals surface area contributed by atoms with Gasteiger partial charge in [0.05, 0.1) is 12.0 Å². The Balaban J connectivity index is 1.93. The molecule has 1 N–H and O–H groups in total. The summed E-state index contributed by atoms with van der Waals surface area (Å²) < 4.78 is 10.5. The summed E-state index contributed by atoms with van der Waals surface area (Å²) in [4.78, 5) is 22.4. The second kappa shape index (κ2) is 7.96. The Kier molecular flexibility index (Phi) is 5.73. The number of aryl methyl sites for hydroxylation is 1. The molecule has 1 amide bonds. The van der Waals surface area contributed by atoms with E-state index in [0.717, 1.165) is 11.1 Å². The minimum absolute atomic E-state index is 0.0676. The number of ether oxygens (including phenoxy) is 2. The average molecular weight is 330 g/mol. The second-order valence-corrected chi connectivity index (χ2v) is 5.11. The smallest absolute Gasteiger partial charge is 0.311 e.